The van der Waals surface area contributed by atoms with E-state index in [1.807, 2.05) is 18.2 Å². The number of amides is 1. The Bertz CT molecular complexity index is 415. The van der Waals surface area contributed by atoms with Crippen molar-refractivity contribution < 1.29 is 4.79 Å². The van der Waals surface area contributed by atoms with E-state index in [9.17, 15) is 4.79 Å². The first-order valence-electron chi connectivity index (χ1n) is 6.38. The maximum absolute atomic E-state index is 12.0. The van der Waals surface area contributed by atoms with Gasteiger partial charge >= 0.3 is 0 Å². The van der Waals surface area contributed by atoms with Crippen LogP contribution in [0.25, 0.3) is 0 Å². The molecule has 0 saturated heterocycles. The minimum absolute atomic E-state index is 0.0423. The monoisotopic (exact) mass is 232 g/mol. The van der Waals surface area contributed by atoms with Gasteiger partial charge in [0, 0.05) is 23.8 Å². The molecule has 1 aromatic carbocycles. The maximum Gasteiger partial charge on any atom is 0.251 e. The molecule has 0 aliphatic carbocycles. The topological polar surface area (TPSA) is 41.1 Å². The van der Waals surface area contributed by atoms with Crippen LogP contribution in [0.4, 0.5) is 5.69 Å². The molecule has 0 fully saturated rings. The maximum atomic E-state index is 12.0. The predicted octanol–water partition coefficient (Wildman–Crippen LogP) is 2.57. The highest BCUT2D eigenvalue weighted by molar-refractivity contribution is 5.95. The molecule has 2 N–H and O–H groups in total. The van der Waals surface area contributed by atoms with E-state index in [1.165, 1.54) is 11.3 Å². The average Bonchev–Trinajstić information content (AvgIpc) is 2.75. The van der Waals surface area contributed by atoms with E-state index in [0.29, 0.717) is 0 Å². The Labute approximate surface area is 103 Å². The van der Waals surface area contributed by atoms with Gasteiger partial charge in [0.05, 0.1) is 0 Å². The van der Waals surface area contributed by atoms with Crippen molar-refractivity contribution in [3.63, 3.8) is 0 Å². The fourth-order valence-electron chi connectivity index (χ4n) is 2.26. The Kier molecular flexibility index (Phi) is 3.67. The van der Waals surface area contributed by atoms with Crippen LogP contribution in [0.1, 0.15) is 42.6 Å². The number of anilines is 1. The van der Waals surface area contributed by atoms with E-state index in [2.05, 4.69) is 24.5 Å². The molecule has 1 heterocycles. The second kappa shape index (κ2) is 5.21. The molecule has 1 aromatic rings. The fourth-order valence-corrected chi connectivity index (χ4v) is 2.26. The molecule has 92 valence electrons. The highest BCUT2D eigenvalue weighted by Crippen LogP contribution is 2.22. The number of carbonyl (C=O) groups excluding carboxylic acids is 1. The highest BCUT2D eigenvalue weighted by Gasteiger charge is 2.14. The molecule has 1 atom stereocenters. The van der Waals surface area contributed by atoms with Crippen molar-refractivity contribution in [2.75, 3.05) is 11.9 Å². The van der Waals surface area contributed by atoms with Crippen LogP contribution < -0.4 is 10.6 Å². The van der Waals surface area contributed by atoms with Crippen molar-refractivity contribution in [1.29, 1.82) is 0 Å². The van der Waals surface area contributed by atoms with Gasteiger partial charge < -0.3 is 10.6 Å². The molecule has 0 unspecified atom stereocenters. The Hall–Kier alpha value is -1.51. The SMILES string of the molecule is CCC[C@H](C)NC(=O)c1ccc2c(c1)CCN2. The third-order valence-corrected chi connectivity index (χ3v) is 3.18. The molecule has 0 radical (unpaired) electrons. The minimum atomic E-state index is 0.0423. The summed E-state index contributed by atoms with van der Waals surface area (Å²) in [6, 6.07) is 6.15. The largest absolute Gasteiger partial charge is 0.384 e. The zero-order chi connectivity index (χ0) is 12.3. The van der Waals surface area contributed by atoms with Gasteiger partial charge in [-0.2, -0.15) is 0 Å². The van der Waals surface area contributed by atoms with Crippen molar-refractivity contribution in [3.8, 4) is 0 Å². The number of carbonyl (C=O) groups is 1. The molecule has 3 heteroatoms. The third-order valence-electron chi connectivity index (χ3n) is 3.18. The van der Waals surface area contributed by atoms with Gasteiger partial charge in [0.1, 0.15) is 0 Å². The predicted molar refractivity (Wildman–Crippen MR) is 70.5 cm³/mol. The van der Waals surface area contributed by atoms with Crippen LogP contribution in [0, 0.1) is 0 Å². The molecule has 2 rings (SSSR count). The molecule has 0 saturated carbocycles. The van der Waals surface area contributed by atoms with Crippen molar-refractivity contribution in [1.82, 2.24) is 5.32 Å². The van der Waals surface area contributed by atoms with Crippen molar-refractivity contribution in [3.05, 3.63) is 29.3 Å². The first kappa shape index (κ1) is 12.0. The van der Waals surface area contributed by atoms with Crippen LogP contribution in [0.2, 0.25) is 0 Å². The van der Waals surface area contributed by atoms with E-state index >= 15 is 0 Å². The summed E-state index contributed by atoms with van der Waals surface area (Å²) in [5, 5.41) is 6.32. The quantitative estimate of drug-likeness (QED) is 0.837. The van der Waals surface area contributed by atoms with Crippen molar-refractivity contribution >= 4 is 11.6 Å². The van der Waals surface area contributed by atoms with Crippen LogP contribution in [0.3, 0.4) is 0 Å². The van der Waals surface area contributed by atoms with Crippen LogP contribution in [0.5, 0.6) is 0 Å². The van der Waals surface area contributed by atoms with Crippen molar-refractivity contribution in [2.45, 2.75) is 39.2 Å². The van der Waals surface area contributed by atoms with Gasteiger partial charge in [-0.1, -0.05) is 13.3 Å². The summed E-state index contributed by atoms with van der Waals surface area (Å²) >= 11 is 0. The Morgan fingerprint density at radius 2 is 2.35 bits per heavy atom. The lowest BCUT2D eigenvalue weighted by Crippen LogP contribution is -2.32. The molecule has 0 bridgehead atoms. The summed E-state index contributed by atoms with van der Waals surface area (Å²) in [6.45, 7) is 5.16. The first-order valence-corrected chi connectivity index (χ1v) is 6.38. The van der Waals surface area contributed by atoms with E-state index in [4.69, 9.17) is 0 Å². The molecule has 3 nitrogen and oxygen atoms in total. The molecule has 17 heavy (non-hydrogen) atoms. The van der Waals surface area contributed by atoms with Crippen LogP contribution in [-0.2, 0) is 6.42 Å². The molecule has 0 aromatic heterocycles. The first-order chi connectivity index (χ1) is 8.20. The van der Waals surface area contributed by atoms with Crippen LogP contribution in [-0.4, -0.2) is 18.5 Å². The lowest BCUT2D eigenvalue weighted by molar-refractivity contribution is 0.0938. The van der Waals surface area contributed by atoms with E-state index < -0.39 is 0 Å². The molecule has 0 spiro atoms. The summed E-state index contributed by atoms with van der Waals surface area (Å²) in [7, 11) is 0. The lowest BCUT2D eigenvalue weighted by Gasteiger charge is -2.13. The Balaban J connectivity index is 2.04. The van der Waals surface area contributed by atoms with E-state index in [0.717, 1.165) is 31.4 Å². The number of fused-ring (bicyclic) bond motifs is 1. The van der Waals surface area contributed by atoms with Crippen LogP contribution >= 0.6 is 0 Å². The summed E-state index contributed by atoms with van der Waals surface area (Å²) in [5.41, 5.74) is 3.19. The normalized spacial score (nSPS) is 14.9. The van der Waals surface area contributed by atoms with E-state index in [-0.39, 0.29) is 11.9 Å². The zero-order valence-electron chi connectivity index (χ0n) is 10.5. The summed E-state index contributed by atoms with van der Waals surface area (Å²) in [4.78, 5) is 12.0. The van der Waals surface area contributed by atoms with Gasteiger partial charge in [-0.05, 0) is 43.5 Å². The van der Waals surface area contributed by atoms with Gasteiger partial charge in [0.2, 0.25) is 0 Å². The van der Waals surface area contributed by atoms with Gasteiger partial charge in [-0.25, -0.2) is 0 Å². The number of hydrogen-bond acceptors (Lipinski definition) is 2. The second-order valence-corrected chi connectivity index (χ2v) is 4.71. The van der Waals surface area contributed by atoms with Gasteiger partial charge in [0.15, 0.2) is 0 Å². The zero-order valence-corrected chi connectivity index (χ0v) is 10.5. The van der Waals surface area contributed by atoms with E-state index in [1.54, 1.807) is 0 Å². The van der Waals surface area contributed by atoms with Crippen LogP contribution in [0.15, 0.2) is 18.2 Å². The number of hydrogen-bond donors (Lipinski definition) is 2. The number of rotatable bonds is 4. The lowest BCUT2D eigenvalue weighted by atomic mass is 10.1. The second-order valence-electron chi connectivity index (χ2n) is 4.71. The molecule has 1 aliphatic heterocycles. The minimum Gasteiger partial charge on any atom is -0.384 e. The van der Waals surface area contributed by atoms with Gasteiger partial charge in [0.25, 0.3) is 5.91 Å². The molecule has 1 amide bonds. The standard InChI is InChI=1S/C14H20N2O/c1-3-4-10(2)16-14(17)12-5-6-13-11(9-12)7-8-15-13/h5-6,9-10,15H,3-4,7-8H2,1-2H3,(H,16,17)/t10-/m0/s1. The fraction of sp³-hybridized carbons (Fsp3) is 0.500. The Morgan fingerprint density at radius 3 is 3.12 bits per heavy atom. The average molecular weight is 232 g/mol. The molecular weight excluding hydrogens is 212 g/mol. The Morgan fingerprint density at radius 1 is 1.53 bits per heavy atom. The van der Waals surface area contributed by atoms with Gasteiger partial charge in [-0.15, -0.1) is 0 Å². The number of benzene rings is 1. The smallest absolute Gasteiger partial charge is 0.251 e. The molecular formula is C14H20N2O. The highest BCUT2D eigenvalue weighted by atomic mass is 16.1. The van der Waals surface area contributed by atoms with Crippen molar-refractivity contribution in [2.24, 2.45) is 0 Å². The summed E-state index contributed by atoms with van der Waals surface area (Å²) < 4.78 is 0. The third kappa shape index (κ3) is 2.78. The summed E-state index contributed by atoms with van der Waals surface area (Å²) in [5.74, 6) is 0.0423. The number of nitrogens with one attached hydrogen (secondary N) is 2. The molecule has 1 aliphatic rings. The summed E-state index contributed by atoms with van der Waals surface area (Å²) in [6.07, 6.45) is 3.13. The van der Waals surface area contributed by atoms with Gasteiger partial charge in [-0.3, -0.25) is 4.79 Å².